The summed E-state index contributed by atoms with van der Waals surface area (Å²) in [5.74, 6) is 0. The first-order chi connectivity index (χ1) is 11.7. The van der Waals surface area contributed by atoms with Gasteiger partial charge in [-0.2, -0.15) is 5.10 Å². The van der Waals surface area contributed by atoms with Crippen molar-refractivity contribution >= 4 is 22.0 Å². The molecule has 0 radical (unpaired) electrons. The summed E-state index contributed by atoms with van der Waals surface area (Å²) in [5.41, 5.74) is 3.45. The molecule has 0 saturated carbocycles. The van der Waals surface area contributed by atoms with Crippen LogP contribution in [0.15, 0.2) is 53.2 Å². The summed E-state index contributed by atoms with van der Waals surface area (Å²) in [6.45, 7) is 2.98. The van der Waals surface area contributed by atoms with Crippen molar-refractivity contribution in [1.29, 1.82) is 0 Å². The Morgan fingerprint density at radius 1 is 1.33 bits per heavy atom. The average molecular weight is 388 g/mol. The van der Waals surface area contributed by atoms with Crippen LogP contribution >= 0.6 is 15.9 Å². The van der Waals surface area contributed by atoms with Gasteiger partial charge in [0.2, 0.25) is 0 Å². The van der Waals surface area contributed by atoms with Crippen LogP contribution in [0, 0.1) is 0 Å². The Hall–Kier alpha value is -2.08. The zero-order chi connectivity index (χ0) is 16.8. The van der Waals surface area contributed by atoms with Gasteiger partial charge in [-0.25, -0.2) is 0 Å². The minimum atomic E-state index is 0.771. The quantitative estimate of drug-likeness (QED) is 0.772. The van der Waals surface area contributed by atoms with E-state index in [9.17, 15) is 0 Å². The second kappa shape index (κ2) is 8.15. The third-order valence-electron chi connectivity index (χ3n) is 4.09. The zero-order valence-corrected chi connectivity index (χ0v) is 15.4. The predicted molar refractivity (Wildman–Crippen MR) is 99.9 cm³/mol. The van der Waals surface area contributed by atoms with Gasteiger partial charge < -0.3 is 10.2 Å². The molecule has 24 heavy (non-hydrogen) atoms. The Balaban J connectivity index is 1.72. The Kier molecular flexibility index (Phi) is 5.69. The second-order valence-electron chi connectivity index (χ2n) is 5.84. The smallest absolute Gasteiger partial charge is 0.0769 e. The molecule has 0 aromatic carbocycles. The minimum absolute atomic E-state index is 0.771. The standard InChI is InChI=1S/C18H22BrN5/c1-23-18(17(19)14-22-23)11-16(24-9-2-3-10-24)6-8-21-13-15-5-4-7-20-12-15/h4-8,11-12,14,21H,2-3,9-10,13H2,1H3/b8-6+,16-11?. The van der Waals surface area contributed by atoms with Gasteiger partial charge in [-0.1, -0.05) is 6.07 Å². The van der Waals surface area contributed by atoms with Crippen molar-refractivity contribution in [2.45, 2.75) is 19.4 Å². The lowest BCUT2D eigenvalue weighted by Crippen LogP contribution is -2.18. The number of hydrogen-bond donors (Lipinski definition) is 1. The number of nitrogens with one attached hydrogen (secondary N) is 1. The van der Waals surface area contributed by atoms with Crippen LogP contribution in [0.1, 0.15) is 24.1 Å². The fourth-order valence-electron chi connectivity index (χ4n) is 2.77. The third kappa shape index (κ3) is 4.26. The maximum Gasteiger partial charge on any atom is 0.0769 e. The lowest BCUT2D eigenvalue weighted by atomic mass is 10.2. The fourth-order valence-corrected chi connectivity index (χ4v) is 3.23. The highest BCUT2D eigenvalue weighted by atomic mass is 79.9. The van der Waals surface area contributed by atoms with Gasteiger partial charge in [0, 0.05) is 44.8 Å². The molecule has 0 spiro atoms. The van der Waals surface area contributed by atoms with Crippen LogP contribution in [0.2, 0.25) is 0 Å². The molecular formula is C18H22BrN5. The topological polar surface area (TPSA) is 46.0 Å². The van der Waals surface area contributed by atoms with Crippen molar-refractivity contribution in [2.24, 2.45) is 7.05 Å². The molecule has 126 valence electrons. The van der Waals surface area contributed by atoms with E-state index in [2.05, 4.69) is 54.4 Å². The number of pyridine rings is 1. The highest BCUT2D eigenvalue weighted by Gasteiger charge is 2.14. The van der Waals surface area contributed by atoms with E-state index >= 15 is 0 Å². The number of halogens is 1. The van der Waals surface area contributed by atoms with Crippen molar-refractivity contribution in [2.75, 3.05) is 13.1 Å². The van der Waals surface area contributed by atoms with E-state index in [1.807, 2.05) is 36.4 Å². The lowest BCUT2D eigenvalue weighted by Gasteiger charge is -2.19. The number of rotatable bonds is 6. The van der Waals surface area contributed by atoms with Crippen LogP contribution in [-0.4, -0.2) is 32.8 Å². The van der Waals surface area contributed by atoms with Crippen molar-refractivity contribution in [1.82, 2.24) is 25.0 Å². The van der Waals surface area contributed by atoms with Gasteiger partial charge in [0.1, 0.15) is 0 Å². The molecule has 6 heteroatoms. The molecule has 1 fully saturated rings. The first-order valence-electron chi connectivity index (χ1n) is 8.17. The maximum atomic E-state index is 4.29. The Labute approximate surface area is 151 Å². The summed E-state index contributed by atoms with van der Waals surface area (Å²) in [4.78, 5) is 6.55. The van der Waals surface area contributed by atoms with Gasteiger partial charge in [0.25, 0.3) is 0 Å². The SMILES string of the molecule is Cn1ncc(Br)c1C=C(/C=C/NCc1cccnc1)N1CCCC1. The van der Waals surface area contributed by atoms with Crippen molar-refractivity contribution in [3.8, 4) is 0 Å². The van der Waals surface area contributed by atoms with Crippen molar-refractivity contribution in [3.63, 3.8) is 0 Å². The van der Waals surface area contributed by atoms with Gasteiger partial charge in [-0.15, -0.1) is 0 Å². The summed E-state index contributed by atoms with van der Waals surface area (Å²) in [5, 5.41) is 7.63. The van der Waals surface area contributed by atoms with Crippen molar-refractivity contribution in [3.05, 3.63) is 64.4 Å². The van der Waals surface area contributed by atoms with Crippen LogP contribution in [0.25, 0.3) is 6.08 Å². The maximum absolute atomic E-state index is 4.29. The summed E-state index contributed by atoms with van der Waals surface area (Å²) < 4.78 is 2.90. The molecule has 1 aliphatic heterocycles. The number of aryl methyl sites for hydroxylation is 1. The molecule has 5 nitrogen and oxygen atoms in total. The number of allylic oxidation sites excluding steroid dienone is 1. The molecule has 0 amide bonds. The number of likely N-dealkylation sites (tertiary alicyclic amines) is 1. The van der Waals surface area contributed by atoms with E-state index in [1.165, 1.54) is 24.1 Å². The molecule has 0 aliphatic carbocycles. The van der Waals surface area contributed by atoms with Gasteiger partial charge in [0.15, 0.2) is 0 Å². The first-order valence-corrected chi connectivity index (χ1v) is 8.96. The van der Waals surface area contributed by atoms with E-state index in [-0.39, 0.29) is 0 Å². The molecule has 3 rings (SSSR count). The summed E-state index contributed by atoms with van der Waals surface area (Å²) in [7, 11) is 1.96. The molecule has 0 unspecified atom stereocenters. The molecule has 1 aliphatic rings. The molecule has 1 saturated heterocycles. The lowest BCUT2D eigenvalue weighted by molar-refractivity contribution is 0.443. The summed E-state index contributed by atoms with van der Waals surface area (Å²) in [6, 6.07) is 4.02. The van der Waals surface area contributed by atoms with E-state index in [4.69, 9.17) is 0 Å². The van der Waals surface area contributed by atoms with E-state index in [0.717, 1.165) is 29.8 Å². The molecule has 0 bridgehead atoms. The Bertz CT molecular complexity index is 695. The summed E-state index contributed by atoms with van der Waals surface area (Å²) in [6.07, 6.45) is 14.3. The first kappa shape index (κ1) is 16.8. The highest BCUT2D eigenvalue weighted by molar-refractivity contribution is 9.10. The second-order valence-corrected chi connectivity index (χ2v) is 6.69. The van der Waals surface area contributed by atoms with Gasteiger partial charge in [-0.05, 0) is 58.8 Å². The molecule has 2 aromatic rings. The highest BCUT2D eigenvalue weighted by Crippen LogP contribution is 2.22. The predicted octanol–water partition coefficient (Wildman–Crippen LogP) is 3.32. The number of aromatic nitrogens is 3. The van der Waals surface area contributed by atoms with Crippen LogP contribution in [0.3, 0.4) is 0 Å². The van der Waals surface area contributed by atoms with E-state index in [1.54, 1.807) is 6.20 Å². The number of nitrogens with zero attached hydrogens (tertiary/aromatic N) is 4. The molecular weight excluding hydrogens is 366 g/mol. The Morgan fingerprint density at radius 2 is 2.17 bits per heavy atom. The van der Waals surface area contributed by atoms with Crippen molar-refractivity contribution < 1.29 is 0 Å². The largest absolute Gasteiger partial charge is 0.387 e. The minimum Gasteiger partial charge on any atom is -0.387 e. The Morgan fingerprint density at radius 3 is 2.83 bits per heavy atom. The fraction of sp³-hybridized carbons (Fsp3) is 0.333. The molecule has 0 atom stereocenters. The zero-order valence-electron chi connectivity index (χ0n) is 13.8. The third-order valence-corrected chi connectivity index (χ3v) is 4.71. The average Bonchev–Trinajstić information content (AvgIpc) is 3.23. The van der Waals surface area contributed by atoms with Crippen LogP contribution in [0.4, 0.5) is 0 Å². The van der Waals surface area contributed by atoms with Gasteiger partial charge >= 0.3 is 0 Å². The van der Waals surface area contributed by atoms with Crippen LogP contribution in [0.5, 0.6) is 0 Å². The van der Waals surface area contributed by atoms with Gasteiger partial charge in [0.05, 0.1) is 16.4 Å². The monoisotopic (exact) mass is 387 g/mol. The normalized spacial score (nSPS) is 15.4. The number of hydrogen-bond acceptors (Lipinski definition) is 4. The molecule has 3 heterocycles. The van der Waals surface area contributed by atoms with Gasteiger partial charge in [-0.3, -0.25) is 9.67 Å². The van der Waals surface area contributed by atoms with Crippen LogP contribution in [-0.2, 0) is 13.6 Å². The summed E-state index contributed by atoms with van der Waals surface area (Å²) >= 11 is 3.57. The molecule has 2 aromatic heterocycles. The molecule has 1 N–H and O–H groups in total. The van der Waals surface area contributed by atoms with E-state index < -0.39 is 0 Å². The van der Waals surface area contributed by atoms with E-state index in [0.29, 0.717) is 0 Å². The van der Waals surface area contributed by atoms with Crippen LogP contribution < -0.4 is 5.32 Å².